The van der Waals surface area contributed by atoms with Crippen molar-refractivity contribution in [2.45, 2.75) is 32.3 Å². The lowest BCUT2D eigenvalue weighted by atomic mass is 9.92. The van der Waals surface area contributed by atoms with Crippen molar-refractivity contribution in [2.75, 3.05) is 24.5 Å². The number of amides is 1. The number of hydrogen-bond acceptors (Lipinski definition) is 7. The van der Waals surface area contributed by atoms with Crippen LogP contribution in [0, 0.1) is 13.8 Å². The number of anilines is 1. The number of β-amino-alcohol motifs (C(OH)–C–C–N with tert-alkyl or cyclic N) is 1. The summed E-state index contributed by atoms with van der Waals surface area (Å²) in [5, 5.41) is 13.6. The summed E-state index contributed by atoms with van der Waals surface area (Å²) < 4.78 is 5.03. The van der Waals surface area contributed by atoms with E-state index < -0.39 is 5.60 Å². The Morgan fingerprint density at radius 3 is 3.00 bits per heavy atom. The van der Waals surface area contributed by atoms with Gasteiger partial charge in [-0.2, -0.15) is 0 Å². The van der Waals surface area contributed by atoms with Crippen molar-refractivity contribution in [3.8, 4) is 0 Å². The second-order valence-corrected chi connectivity index (χ2v) is 6.20. The van der Waals surface area contributed by atoms with E-state index >= 15 is 0 Å². The first-order chi connectivity index (χ1) is 11.5. The van der Waals surface area contributed by atoms with E-state index in [0.29, 0.717) is 18.9 Å². The zero-order valence-corrected chi connectivity index (χ0v) is 13.8. The minimum atomic E-state index is -1.01. The van der Waals surface area contributed by atoms with Gasteiger partial charge in [-0.15, -0.1) is 0 Å². The Bertz CT molecular complexity index is 732. The van der Waals surface area contributed by atoms with Gasteiger partial charge in [-0.1, -0.05) is 0 Å². The minimum Gasteiger partial charge on any atom is -0.448 e. The zero-order valence-electron chi connectivity index (χ0n) is 13.8. The van der Waals surface area contributed by atoms with Gasteiger partial charge in [0.15, 0.2) is 11.6 Å². The summed E-state index contributed by atoms with van der Waals surface area (Å²) in [5.74, 6) is 0.871. The molecule has 0 saturated carbocycles. The van der Waals surface area contributed by atoms with E-state index in [-0.39, 0.29) is 18.1 Å². The number of nitrogens with one attached hydrogen (secondary N) is 1. The van der Waals surface area contributed by atoms with Crippen LogP contribution in [0.15, 0.2) is 23.1 Å². The van der Waals surface area contributed by atoms with Crippen LogP contribution in [0.4, 0.5) is 5.82 Å². The smallest absolute Gasteiger partial charge is 0.273 e. The third-order valence-corrected chi connectivity index (χ3v) is 4.10. The Morgan fingerprint density at radius 2 is 2.29 bits per heavy atom. The summed E-state index contributed by atoms with van der Waals surface area (Å²) in [6, 6.07) is 1.89. The molecule has 1 saturated heterocycles. The number of nitrogens with zero attached hydrogens (tertiary/aromatic N) is 4. The van der Waals surface area contributed by atoms with Crippen LogP contribution in [0.25, 0.3) is 0 Å². The number of aromatic nitrogens is 3. The van der Waals surface area contributed by atoms with Crippen LogP contribution in [0.2, 0.25) is 0 Å². The molecule has 2 aromatic rings. The standard InChI is InChI=1S/C16H21N5O3/c1-11-6-14(19-10-18-11)21-5-3-4-16(23,9-21)8-17-15(22)13-7-24-12(2)20-13/h6-7,10,23H,3-5,8-9H2,1-2H3,(H,17,22). The first-order valence-electron chi connectivity index (χ1n) is 7.91. The van der Waals surface area contributed by atoms with Crippen molar-refractivity contribution in [1.82, 2.24) is 20.3 Å². The molecule has 1 unspecified atom stereocenters. The predicted molar refractivity (Wildman–Crippen MR) is 86.7 cm³/mol. The molecule has 128 valence electrons. The topological polar surface area (TPSA) is 104 Å². The van der Waals surface area contributed by atoms with E-state index in [1.54, 1.807) is 6.92 Å². The van der Waals surface area contributed by atoms with Crippen LogP contribution in [-0.2, 0) is 0 Å². The van der Waals surface area contributed by atoms with E-state index in [9.17, 15) is 9.90 Å². The van der Waals surface area contributed by atoms with Gasteiger partial charge in [0.25, 0.3) is 5.91 Å². The summed E-state index contributed by atoms with van der Waals surface area (Å²) in [4.78, 5) is 26.4. The molecule has 1 aliphatic heterocycles. The summed E-state index contributed by atoms with van der Waals surface area (Å²) in [7, 11) is 0. The van der Waals surface area contributed by atoms with Gasteiger partial charge in [-0.25, -0.2) is 15.0 Å². The van der Waals surface area contributed by atoms with Crippen LogP contribution in [0.3, 0.4) is 0 Å². The number of carbonyl (C=O) groups excluding carboxylic acids is 1. The summed E-state index contributed by atoms with van der Waals surface area (Å²) >= 11 is 0. The van der Waals surface area contributed by atoms with Gasteiger partial charge >= 0.3 is 0 Å². The fourth-order valence-corrected chi connectivity index (χ4v) is 2.87. The highest BCUT2D eigenvalue weighted by molar-refractivity contribution is 5.91. The molecule has 3 rings (SSSR count). The maximum Gasteiger partial charge on any atom is 0.273 e. The lowest BCUT2D eigenvalue weighted by Crippen LogP contribution is -2.54. The Kier molecular flexibility index (Phi) is 4.48. The number of oxazole rings is 1. The molecular formula is C16H21N5O3. The van der Waals surface area contributed by atoms with E-state index in [4.69, 9.17) is 4.42 Å². The highest BCUT2D eigenvalue weighted by atomic mass is 16.3. The normalized spacial score (nSPS) is 20.9. The van der Waals surface area contributed by atoms with Crippen molar-refractivity contribution in [2.24, 2.45) is 0 Å². The molecule has 0 aromatic carbocycles. The van der Waals surface area contributed by atoms with E-state index in [1.807, 2.05) is 17.9 Å². The molecule has 1 atom stereocenters. The Balaban J connectivity index is 1.63. The van der Waals surface area contributed by atoms with Gasteiger partial charge < -0.3 is 19.7 Å². The van der Waals surface area contributed by atoms with Gasteiger partial charge in [0.2, 0.25) is 0 Å². The molecule has 0 aliphatic carbocycles. The van der Waals surface area contributed by atoms with E-state index in [1.165, 1.54) is 12.6 Å². The average molecular weight is 331 g/mol. The highest BCUT2D eigenvalue weighted by Gasteiger charge is 2.34. The van der Waals surface area contributed by atoms with Crippen LogP contribution in [0.5, 0.6) is 0 Å². The SMILES string of the molecule is Cc1cc(N2CCCC(O)(CNC(=O)c3coc(C)n3)C2)ncn1. The quantitative estimate of drug-likeness (QED) is 0.855. The van der Waals surface area contributed by atoms with Crippen molar-refractivity contribution >= 4 is 11.7 Å². The average Bonchev–Trinajstić information content (AvgIpc) is 2.99. The van der Waals surface area contributed by atoms with Gasteiger partial charge in [0.1, 0.15) is 18.4 Å². The Labute approximate surface area is 139 Å². The van der Waals surface area contributed by atoms with Crippen molar-refractivity contribution in [3.05, 3.63) is 35.9 Å². The molecule has 24 heavy (non-hydrogen) atoms. The minimum absolute atomic E-state index is 0.151. The van der Waals surface area contributed by atoms with Crippen molar-refractivity contribution < 1.29 is 14.3 Å². The number of rotatable bonds is 4. The number of carbonyl (C=O) groups is 1. The molecule has 2 N–H and O–H groups in total. The molecule has 2 aromatic heterocycles. The van der Waals surface area contributed by atoms with E-state index in [0.717, 1.165) is 24.5 Å². The zero-order chi connectivity index (χ0) is 17.2. The lowest BCUT2D eigenvalue weighted by molar-refractivity contribution is 0.0253. The number of aliphatic hydroxyl groups is 1. The maximum atomic E-state index is 12.1. The first-order valence-corrected chi connectivity index (χ1v) is 7.91. The highest BCUT2D eigenvalue weighted by Crippen LogP contribution is 2.24. The molecule has 0 spiro atoms. The van der Waals surface area contributed by atoms with Gasteiger partial charge in [0, 0.05) is 38.3 Å². The van der Waals surface area contributed by atoms with Gasteiger partial charge in [-0.3, -0.25) is 4.79 Å². The molecule has 0 radical (unpaired) electrons. The number of aryl methyl sites for hydroxylation is 2. The molecule has 0 bridgehead atoms. The van der Waals surface area contributed by atoms with Gasteiger partial charge in [0.05, 0.1) is 5.60 Å². The Hall–Kier alpha value is -2.48. The molecule has 3 heterocycles. The lowest BCUT2D eigenvalue weighted by Gasteiger charge is -2.39. The van der Waals surface area contributed by atoms with Gasteiger partial charge in [-0.05, 0) is 19.8 Å². The fraction of sp³-hybridized carbons (Fsp3) is 0.500. The number of hydrogen-bond donors (Lipinski definition) is 2. The van der Waals surface area contributed by atoms with Crippen molar-refractivity contribution in [1.29, 1.82) is 0 Å². The third kappa shape index (κ3) is 3.70. The maximum absolute atomic E-state index is 12.1. The monoisotopic (exact) mass is 331 g/mol. The first kappa shape index (κ1) is 16.4. The van der Waals surface area contributed by atoms with Crippen LogP contribution >= 0.6 is 0 Å². The fourth-order valence-electron chi connectivity index (χ4n) is 2.87. The summed E-state index contributed by atoms with van der Waals surface area (Å²) in [6.45, 7) is 4.95. The molecule has 8 nitrogen and oxygen atoms in total. The van der Waals surface area contributed by atoms with Crippen LogP contribution in [-0.4, -0.2) is 51.2 Å². The largest absolute Gasteiger partial charge is 0.448 e. The predicted octanol–water partition coefficient (Wildman–Crippen LogP) is 0.843. The van der Waals surface area contributed by atoms with E-state index in [2.05, 4.69) is 20.3 Å². The summed E-state index contributed by atoms with van der Waals surface area (Å²) in [5.41, 5.74) is 0.0879. The van der Waals surface area contributed by atoms with Crippen molar-refractivity contribution in [3.63, 3.8) is 0 Å². The van der Waals surface area contributed by atoms with Crippen LogP contribution in [0.1, 0.15) is 34.9 Å². The summed E-state index contributed by atoms with van der Waals surface area (Å²) in [6.07, 6.45) is 4.27. The Morgan fingerprint density at radius 1 is 1.46 bits per heavy atom. The molecule has 8 heteroatoms. The third-order valence-electron chi connectivity index (χ3n) is 4.10. The number of piperidine rings is 1. The molecule has 1 fully saturated rings. The van der Waals surface area contributed by atoms with Crippen LogP contribution < -0.4 is 10.2 Å². The second-order valence-electron chi connectivity index (χ2n) is 6.20. The molecular weight excluding hydrogens is 310 g/mol. The second kappa shape index (κ2) is 6.56. The molecule has 1 aliphatic rings. The molecule has 1 amide bonds.